The Morgan fingerprint density at radius 2 is 2.03 bits per heavy atom. The van der Waals surface area contributed by atoms with Crippen molar-refractivity contribution in [2.24, 2.45) is 5.73 Å². The normalized spacial score (nSPS) is 21.2. The highest BCUT2D eigenvalue weighted by Crippen LogP contribution is 2.29. The third-order valence-corrected chi connectivity index (χ3v) is 6.23. The number of ether oxygens (including phenoxy) is 1. The Balaban J connectivity index is 1.57. The van der Waals surface area contributed by atoms with Crippen LogP contribution >= 0.6 is 11.6 Å². The summed E-state index contributed by atoms with van der Waals surface area (Å²) in [5.41, 5.74) is 8.83. The summed E-state index contributed by atoms with van der Waals surface area (Å²) in [7, 11) is 0. The molecule has 1 fully saturated rings. The maximum Gasteiger partial charge on any atom is 0.258 e. The second kappa shape index (κ2) is 9.01. The van der Waals surface area contributed by atoms with Crippen LogP contribution in [0.2, 0.25) is 5.02 Å². The second-order valence-corrected chi connectivity index (χ2v) is 8.43. The van der Waals surface area contributed by atoms with Gasteiger partial charge in [0.25, 0.3) is 5.91 Å². The molecule has 0 bridgehead atoms. The number of amides is 1. The number of carbonyl (C=O) groups is 1. The Morgan fingerprint density at radius 1 is 1.31 bits per heavy atom. The Morgan fingerprint density at radius 3 is 2.72 bits per heavy atom. The Labute approximate surface area is 190 Å². The van der Waals surface area contributed by atoms with Crippen LogP contribution in [0.4, 0.5) is 4.39 Å². The van der Waals surface area contributed by atoms with Crippen molar-refractivity contribution in [2.45, 2.75) is 32.5 Å². The molecule has 10 heteroatoms. The van der Waals surface area contributed by atoms with E-state index in [0.717, 1.165) is 0 Å². The fourth-order valence-corrected chi connectivity index (χ4v) is 3.99. The molecular formula is C22H25ClFN5O3. The highest BCUT2D eigenvalue weighted by molar-refractivity contribution is 6.31. The molecule has 2 aromatic rings. The van der Waals surface area contributed by atoms with Gasteiger partial charge in [0.15, 0.2) is 5.82 Å². The van der Waals surface area contributed by atoms with Crippen molar-refractivity contribution in [2.75, 3.05) is 26.2 Å². The number of nitrogens with two attached hydrogens (primary N) is 1. The van der Waals surface area contributed by atoms with Crippen LogP contribution in [0.25, 0.3) is 5.57 Å². The van der Waals surface area contributed by atoms with Gasteiger partial charge in [-0.1, -0.05) is 11.6 Å². The van der Waals surface area contributed by atoms with Crippen molar-refractivity contribution in [3.05, 3.63) is 57.5 Å². The first-order chi connectivity index (χ1) is 15.2. The van der Waals surface area contributed by atoms with Crippen molar-refractivity contribution in [1.29, 1.82) is 0 Å². The lowest BCUT2D eigenvalue weighted by atomic mass is 10.1. The van der Waals surface area contributed by atoms with E-state index in [2.05, 4.69) is 15.3 Å². The minimum Gasteiger partial charge on any atom is -0.487 e. The average Bonchev–Trinajstić information content (AvgIpc) is 3.14. The number of rotatable bonds is 4. The van der Waals surface area contributed by atoms with Crippen LogP contribution in [0.15, 0.2) is 23.9 Å². The van der Waals surface area contributed by atoms with E-state index >= 15 is 0 Å². The van der Waals surface area contributed by atoms with Gasteiger partial charge >= 0.3 is 0 Å². The molecule has 32 heavy (non-hydrogen) atoms. The zero-order chi connectivity index (χ0) is 23.0. The van der Waals surface area contributed by atoms with E-state index in [1.54, 1.807) is 13.8 Å². The van der Waals surface area contributed by atoms with Crippen molar-refractivity contribution in [1.82, 2.24) is 20.2 Å². The molecule has 8 nitrogen and oxygen atoms in total. The predicted octanol–water partition coefficient (Wildman–Crippen LogP) is 1.81. The van der Waals surface area contributed by atoms with Crippen molar-refractivity contribution in [3.63, 3.8) is 0 Å². The van der Waals surface area contributed by atoms with Crippen LogP contribution in [0.3, 0.4) is 0 Å². The van der Waals surface area contributed by atoms with Crippen LogP contribution in [0.5, 0.6) is 5.75 Å². The zero-order valence-electron chi connectivity index (χ0n) is 17.9. The lowest BCUT2D eigenvalue weighted by molar-refractivity contribution is 0.0153. The molecule has 170 valence electrons. The van der Waals surface area contributed by atoms with E-state index in [9.17, 15) is 14.3 Å². The quantitative estimate of drug-likeness (QED) is 0.636. The molecule has 0 radical (unpaired) electrons. The molecule has 2 aliphatic heterocycles. The number of hydrogen-bond acceptors (Lipinski definition) is 7. The van der Waals surface area contributed by atoms with E-state index < -0.39 is 18.0 Å². The number of aromatic nitrogens is 2. The highest BCUT2D eigenvalue weighted by Gasteiger charge is 2.31. The van der Waals surface area contributed by atoms with Gasteiger partial charge in [-0.15, -0.1) is 0 Å². The molecule has 0 unspecified atom stereocenters. The molecule has 4 N–H and O–H groups in total. The molecule has 2 aliphatic rings. The molecular weight excluding hydrogens is 437 g/mol. The summed E-state index contributed by atoms with van der Waals surface area (Å²) in [5, 5.41) is 13.7. The number of benzene rings is 1. The van der Waals surface area contributed by atoms with Gasteiger partial charge in [-0.05, 0) is 38.9 Å². The summed E-state index contributed by atoms with van der Waals surface area (Å²) in [5.74, 6) is -0.350. The third kappa shape index (κ3) is 4.41. The molecule has 0 saturated carbocycles. The van der Waals surface area contributed by atoms with E-state index in [0.29, 0.717) is 53.0 Å². The van der Waals surface area contributed by atoms with Gasteiger partial charge in [0, 0.05) is 23.9 Å². The van der Waals surface area contributed by atoms with Crippen LogP contribution in [-0.4, -0.2) is 64.3 Å². The lowest BCUT2D eigenvalue weighted by Crippen LogP contribution is -2.46. The summed E-state index contributed by atoms with van der Waals surface area (Å²) in [4.78, 5) is 23.7. The molecule has 0 aliphatic carbocycles. The highest BCUT2D eigenvalue weighted by atomic mass is 35.5. The van der Waals surface area contributed by atoms with Gasteiger partial charge in [-0.25, -0.2) is 14.4 Å². The summed E-state index contributed by atoms with van der Waals surface area (Å²) in [6.45, 7) is 5.00. The summed E-state index contributed by atoms with van der Waals surface area (Å²) < 4.78 is 19.8. The molecule has 2 atom stereocenters. The van der Waals surface area contributed by atoms with Gasteiger partial charge in [0.2, 0.25) is 0 Å². The third-order valence-electron chi connectivity index (χ3n) is 5.68. The number of aryl methyl sites for hydroxylation is 2. The average molecular weight is 462 g/mol. The lowest BCUT2D eigenvalue weighted by Gasteiger charge is -2.30. The zero-order valence-corrected chi connectivity index (χ0v) is 18.6. The number of hydrogen-bond donors (Lipinski definition) is 3. The van der Waals surface area contributed by atoms with Crippen molar-refractivity contribution >= 4 is 23.1 Å². The van der Waals surface area contributed by atoms with Crippen LogP contribution in [0.1, 0.15) is 34.0 Å². The smallest absolute Gasteiger partial charge is 0.258 e. The molecule has 1 saturated heterocycles. The van der Waals surface area contributed by atoms with E-state index in [1.807, 2.05) is 0 Å². The maximum atomic E-state index is 14.0. The predicted molar refractivity (Wildman–Crippen MR) is 118 cm³/mol. The first kappa shape index (κ1) is 22.4. The number of nitrogens with zero attached hydrogens (tertiary/aromatic N) is 3. The molecule has 0 spiro atoms. The number of piperidine rings is 1. The first-order valence-corrected chi connectivity index (χ1v) is 10.7. The topological polar surface area (TPSA) is 114 Å². The number of aliphatic hydroxyl groups is 1. The minimum atomic E-state index is -0.751. The number of halogens is 2. The molecule has 4 rings (SSSR count). The van der Waals surface area contributed by atoms with Crippen LogP contribution in [0, 0.1) is 19.7 Å². The van der Waals surface area contributed by atoms with Gasteiger partial charge in [-0.2, -0.15) is 0 Å². The summed E-state index contributed by atoms with van der Waals surface area (Å²) >= 11 is 6.17. The first-order valence-electron chi connectivity index (χ1n) is 10.4. The SMILES string of the molecule is Cc1nc(C2=C(N)CN(C(=O)c3ccc(F)cc3O[C@@H]3CCNC[C@H]3O)C2)nc(C)c1Cl. The summed E-state index contributed by atoms with van der Waals surface area (Å²) in [6, 6.07) is 3.77. The Bertz CT molecular complexity index is 1070. The monoisotopic (exact) mass is 461 g/mol. The van der Waals surface area contributed by atoms with E-state index in [-0.39, 0.29) is 30.3 Å². The maximum absolute atomic E-state index is 14.0. The van der Waals surface area contributed by atoms with Crippen molar-refractivity contribution < 1.29 is 19.0 Å². The van der Waals surface area contributed by atoms with Crippen LogP contribution in [-0.2, 0) is 0 Å². The van der Waals surface area contributed by atoms with Gasteiger partial charge in [-0.3, -0.25) is 4.79 Å². The standard InChI is InChI=1S/C22H25ClFN5O3/c1-11-20(23)12(2)28-21(27-11)15-9-29(10-16(15)25)22(31)14-4-3-13(24)7-19(14)32-18-5-6-26-8-17(18)30/h3-4,7,17-18,26,30H,5-6,8-10,25H2,1-2H3/t17-,18-/m1/s1. The Kier molecular flexibility index (Phi) is 6.32. The number of carbonyl (C=O) groups excluding carboxylic acids is 1. The van der Waals surface area contributed by atoms with Crippen LogP contribution < -0.4 is 15.8 Å². The Hall–Kier alpha value is -2.75. The minimum absolute atomic E-state index is 0.0994. The molecule has 1 aromatic carbocycles. The van der Waals surface area contributed by atoms with E-state index in [1.165, 1.54) is 23.1 Å². The number of nitrogens with one attached hydrogen (secondary N) is 1. The van der Waals surface area contributed by atoms with Gasteiger partial charge in [0.1, 0.15) is 23.8 Å². The van der Waals surface area contributed by atoms with Gasteiger partial charge < -0.3 is 25.8 Å². The number of β-amino-alcohol motifs (C(OH)–C–C–N with tert-alkyl or cyclic N) is 1. The van der Waals surface area contributed by atoms with E-state index in [4.69, 9.17) is 22.1 Å². The van der Waals surface area contributed by atoms with Gasteiger partial charge in [0.05, 0.1) is 35.1 Å². The fourth-order valence-electron chi connectivity index (χ4n) is 3.90. The number of aliphatic hydroxyl groups excluding tert-OH is 1. The fraction of sp³-hybridized carbons (Fsp3) is 0.409. The second-order valence-electron chi connectivity index (χ2n) is 8.05. The summed E-state index contributed by atoms with van der Waals surface area (Å²) in [6.07, 6.45) is -0.741. The molecule has 1 amide bonds. The molecule has 3 heterocycles. The van der Waals surface area contributed by atoms with Crippen molar-refractivity contribution in [3.8, 4) is 5.75 Å². The largest absolute Gasteiger partial charge is 0.487 e. The molecule has 1 aromatic heterocycles.